The third kappa shape index (κ3) is 3.97. The van der Waals surface area contributed by atoms with E-state index in [1.165, 1.54) is 5.56 Å². The van der Waals surface area contributed by atoms with Gasteiger partial charge >= 0.3 is 0 Å². The molecule has 126 valence electrons. The number of primary amides is 1. The van der Waals surface area contributed by atoms with Gasteiger partial charge in [0.2, 0.25) is 5.91 Å². The minimum absolute atomic E-state index is 0.221. The van der Waals surface area contributed by atoms with Crippen LogP contribution in [0.4, 0.5) is 0 Å². The van der Waals surface area contributed by atoms with E-state index in [0.717, 1.165) is 36.3 Å². The van der Waals surface area contributed by atoms with Gasteiger partial charge in [0, 0.05) is 24.4 Å². The molecule has 5 heteroatoms. The molecule has 2 aromatic heterocycles. The van der Waals surface area contributed by atoms with Gasteiger partial charge in [-0.05, 0) is 56.4 Å². The van der Waals surface area contributed by atoms with Gasteiger partial charge in [0.1, 0.15) is 0 Å². The molecule has 1 aliphatic rings. The highest BCUT2D eigenvalue weighted by molar-refractivity contribution is 5.73. The van der Waals surface area contributed by atoms with Crippen molar-refractivity contribution in [3.05, 3.63) is 59.2 Å². The number of piperidine rings is 1. The fraction of sp³-hybridized carbons (Fsp3) is 0.421. The highest BCUT2D eigenvalue weighted by Gasteiger charge is 2.26. The van der Waals surface area contributed by atoms with Crippen LogP contribution in [0.5, 0.6) is 0 Å². The van der Waals surface area contributed by atoms with Crippen LogP contribution in [-0.2, 0) is 11.2 Å². The highest BCUT2D eigenvalue weighted by atomic mass is 16.1. The van der Waals surface area contributed by atoms with Crippen molar-refractivity contribution in [2.24, 2.45) is 5.73 Å². The van der Waals surface area contributed by atoms with E-state index in [1.54, 1.807) is 0 Å². The smallest absolute Gasteiger partial charge is 0.217 e. The quantitative estimate of drug-likeness (QED) is 0.886. The Labute approximate surface area is 142 Å². The molecule has 0 spiro atoms. The summed E-state index contributed by atoms with van der Waals surface area (Å²) in [5, 5.41) is 3.70. The van der Waals surface area contributed by atoms with Crippen LogP contribution in [0.3, 0.4) is 0 Å². The second-order valence-corrected chi connectivity index (χ2v) is 6.43. The molecule has 2 atom stereocenters. The number of pyridine rings is 2. The number of rotatable bonds is 5. The van der Waals surface area contributed by atoms with E-state index >= 15 is 0 Å². The summed E-state index contributed by atoms with van der Waals surface area (Å²) in [4.78, 5) is 20.3. The lowest BCUT2D eigenvalue weighted by Gasteiger charge is -2.31. The van der Waals surface area contributed by atoms with Gasteiger partial charge in [0.15, 0.2) is 0 Å². The molecule has 5 nitrogen and oxygen atoms in total. The van der Waals surface area contributed by atoms with Crippen molar-refractivity contribution < 1.29 is 4.79 Å². The molecule has 1 saturated heterocycles. The molecule has 24 heavy (non-hydrogen) atoms. The van der Waals surface area contributed by atoms with E-state index in [1.807, 2.05) is 24.4 Å². The van der Waals surface area contributed by atoms with Gasteiger partial charge in [0.05, 0.1) is 17.4 Å². The van der Waals surface area contributed by atoms with Gasteiger partial charge in [-0.15, -0.1) is 0 Å². The van der Waals surface area contributed by atoms with Crippen molar-refractivity contribution >= 4 is 5.91 Å². The van der Waals surface area contributed by atoms with Gasteiger partial charge in [0.25, 0.3) is 0 Å². The summed E-state index contributed by atoms with van der Waals surface area (Å²) < 4.78 is 0. The van der Waals surface area contributed by atoms with E-state index in [2.05, 4.69) is 29.4 Å². The Kier molecular flexibility index (Phi) is 5.20. The molecule has 0 aliphatic carbocycles. The third-order valence-corrected chi connectivity index (χ3v) is 4.58. The summed E-state index contributed by atoms with van der Waals surface area (Å²) in [7, 11) is 0. The van der Waals surface area contributed by atoms with E-state index in [-0.39, 0.29) is 18.0 Å². The molecule has 2 unspecified atom stereocenters. The first-order valence-corrected chi connectivity index (χ1v) is 8.55. The molecule has 1 fully saturated rings. The Balaban J connectivity index is 1.74. The number of aromatic nitrogens is 2. The van der Waals surface area contributed by atoms with Crippen LogP contribution in [0.25, 0.3) is 0 Å². The number of hydrogen-bond donors (Lipinski definition) is 2. The molecule has 3 heterocycles. The zero-order chi connectivity index (χ0) is 16.9. The fourth-order valence-electron chi connectivity index (χ4n) is 3.33. The van der Waals surface area contributed by atoms with Crippen molar-refractivity contribution in [2.75, 3.05) is 0 Å². The summed E-state index contributed by atoms with van der Waals surface area (Å²) in [6, 6.07) is 10.6. The van der Waals surface area contributed by atoms with Crippen LogP contribution in [-0.4, -0.2) is 15.9 Å². The predicted octanol–water partition coefficient (Wildman–Crippen LogP) is 2.76. The van der Waals surface area contributed by atoms with Gasteiger partial charge in [-0.25, -0.2) is 0 Å². The first kappa shape index (κ1) is 16.6. The molecule has 2 aromatic rings. The van der Waals surface area contributed by atoms with Gasteiger partial charge in [-0.1, -0.05) is 12.1 Å². The van der Waals surface area contributed by atoms with E-state index < -0.39 is 0 Å². The monoisotopic (exact) mass is 324 g/mol. The van der Waals surface area contributed by atoms with Crippen LogP contribution in [0, 0.1) is 6.92 Å². The van der Waals surface area contributed by atoms with Crippen LogP contribution >= 0.6 is 0 Å². The van der Waals surface area contributed by atoms with Crippen LogP contribution in [0.15, 0.2) is 36.5 Å². The Morgan fingerprint density at radius 2 is 2.08 bits per heavy atom. The predicted molar refractivity (Wildman–Crippen MR) is 93.2 cm³/mol. The highest BCUT2D eigenvalue weighted by Crippen LogP contribution is 2.32. The second kappa shape index (κ2) is 7.53. The van der Waals surface area contributed by atoms with Crippen molar-refractivity contribution in [1.82, 2.24) is 15.3 Å². The number of nitrogens with two attached hydrogens (primary N) is 1. The lowest BCUT2D eigenvalue weighted by atomic mass is 9.92. The maximum Gasteiger partial charge on any atom is 0.217 e. The van der Waals surface area contributed by atoms with Crippen LogP contribution in [0.2, 0.25) is 0 Å². The van der Waals surface area contributed by atoms with Crippen LogP contribution < -0.4 is 11.1 Å². The Morgan fingerprint density at radius 1 is 1.25 bits per heavy atom. The normalized spacial score (nSPS) is 20.7. The van der Waals surface area contributed by atoms with Crippen molar-refractivity contribution in [3.8, 4) is 0 Å². The lowest BCUT2D eigenvalue weighted by Crippen LogP contribution is -2.32. The van der Waals surface area contributed by atoms with Gasteiger partial charge in [-0.3, -0.25) is 14.8 Å². The molecule has 3 N–H and O–H groups in total. The van der Waals surface area contributed by atoms with Crippen molar-refractivity contribution in [1.29, 1.82) is 0 Å². The minimum atomic E-state index is -0.288. The molecular formula is C19H24N4O. The SMILES string of the molecule is Cc1cccnc1C1CCCC(c2cccc(CCC(N)=O)n2)N1. The number of carbonyl (C=O) groups excluding carboxylic acids is 1. The number of nitrogens with zero attached hydrogens (tertiary/aromatic N) is 2. The molecule has 1 aliphatic heterocycles. The molecule has 0 saturated carbocycles. The summed E-state index contributed by atoms with van der Waals surface area (Å²) in [5.74, 6) is -0.288. The van der Waals surface area contributed by atoms with Crippen molar-refractivity contribution in [2.45, 2.75) is 51.1 Å². The van der Waals surface area contributed by atoms with Crippen molar-refractivity contribution in [3.63, 3.8) is 0 Å². The summed E-state index contributed by atoms with van der Waals surface area (Å²) in [6.07, 6.45) is 6.09. The van der Waals surface area contributed by atoms with Gasteiger partial charge in [-0.2, -0.15) is 0 Å². The summed E-state index contributed by atoms with van der Waals surface area (Å²) in [5.41, 5.74) is 9.54. The number of hydrogen-bond acceptors (Lipinski definition) is 4. The zero-order valence-corrected chi connectivity index (χ0v) is 14.0. The number of amides is 1. The van der Waals surface area contributed by atoms with Crippen LogP contribution in [0.1, 0.15) is 60.4 Å². The Bertz CT molecular complexity index is 716. The lowest BCUT2D eigenvalue weighted by molar-refractivity contribution is -0.118. The van der Waals surface area contributed by atoms with E-state index in [9.17, 15) is 4.79 Å². The molecule has 3 rings (SSSR count). The molecule has 0 aromatic carbocycles. The number of aryl methyl sites for hydroxylation is 2. The minimum Gasteiger partial charge on any atom is -0.370 e. The summed E-state index contributed by atoms with van der Waals surface area (Å²) >= 11 is 0. The first-order chi connectivity index (χ1) is 11.6. The molecule has 1 amide bonds. The number of carbonyl (C=O) groups is 1. The topological polar surface area (TPSA) is 80.9 Å². The standard InChI is InChI=1S/C19H24N4O/c1-13-5-4-12-21-19(13)17-9-3-8-16(23-17)15-7-2-6-14(22-15)10-11-18(20)24/h2,4-7,12,16-17,23H,3,8-11H2,1H3,(H2,20,24). The largest absolute Gasteiger partial charge is 0.370 e. The maximum absolute atomic E-state index is 11.0. The molecular weight excluding hydrogens is 300 g/mol. The first-order valence-electron chi connectivity index (χ1n) is 8.55. The summed E-state index contributed by atoms with van der Waals surface area (Å²) in [6.45, 7) is 2.11. The Hall–Kier alpha value is -2.27. The fourth-order valence-corrected chi connectivity index (χ4v) is 3.33. The maximum atomic E-state index is 11.0. The molecule has 0 bridgehead atoms. The Morgan fingerprint density at radius 3 is 2.88 bits per heavy atom. The third-order valence-electron chi connectivity index (χ3n) is 4.58. The molecule has 0 radical (unpaired) electrons. The van der Waals surface area contributed by atoms with E-state index in [0.29, 0.717) is 12.8 Å². The average molecular weight is 324 g/mol. The average Bonchev–Trinajstić information content (AvgIpc) is 2.61. The van der Waals surface area contributed by atoms with E-state index in [4.69, 9.17) is 10.7 Å². The van der Waals surface area contributed by atoms with Gasteiger partial charge < -0.3 is 11.1 Å². The second-order valence-electron chi connectivity index (χ2n) is 6.43. The zero-order valence-electron chi connectivity index (χ0n) is 14.0. The number of nitrogens with one attached hydrogen (secondary N) is 1.